The van der Waals surface area contributed by atoms with E-state index in [1.165, 1.54) is 0 Å². The van der Waals surface area contributed by atoms with Crippen molar-refractivity contribution < 1.29 is 9.53 Å². The van der Waals surface area contributed by atoms with E-state index in [4.69, 9.17) is 4.74 Å². The highest BCUT2D eigenvalue weighted by Gasteiger charge is 2.42. The van der Waals surface area contributed by atoms with Gasteiger partial charge in [0, 0.05) is 27.2 Å². The molecule has 0 aromatic carbocycles. The quantitative estimate of drug-likeness (QED) is 0.887. The second-order valence-corrected chi connectivity index (χ2v) is 7.35. The molecule has 1 aromatic heterocycles. The van der Waals surface area contributed by atoms with Crippen molar-refractivity contribution >= 4 is 33.2 Å². The largest absolute Gasteiger partial charge is 0.384 e. The van der Waals surface area contributed by atoms with Crippen molar-refractivity contribution in [2.75, 3.05) is 33.9 Å². The molecule has 1 amide bonds. The number of halogens is 1. The summed E-state index contributed by atoms with van der Waals surface area (Å²) in [6.45, 7) is 2.72. The lowest BCUT2D eigenvalue weighted by molar-refractivity contribution is -0.143. The predicted molar refractivity (Wildman–Crippen MR) is 80.3 cm³/mol. The van der Waals surface area contributed by atoms with Crippen molar-refractivity contribution in [2.45, 2.75) is 13.0 Å². The molecule has 19 heavy (non-hydrogen) atoms. The van der Waals surface area contributed by atoms with Gasteiger partial charge in [0.25, 0.3) is 0 Å². The maximum Gasteiger partial charge on any atom is 0.232 e. The fourth-order valence-corrected chi connectivity index (χ4v) is 3.77. The third-order valence-electron chi connectivity index (χ3n) is 3.51. The first kappa shape index (κ1) is 15.0. The highest BCUT2D eigenvalue weighted by Crippen LogP contribution is 2.29. The van der Waals surface area contributed by atoms with E-state index >= 15 is 0 Å². The summed E-state index contributed by atoms with van der Waals surface area (Å²) in [5.74, 6) is 0.168. The van der Waals surface area contributed by atoms with Gasteiger partial charge in [0.05, 0.1) is 15.8 Å². The fourth-order valence-electron chi connectivity index (χ4n) is 2.57. The maximum absolute atomic E-state index is 12.7. The minimum atomic E-state index is -0.392. The van der Waals surface area contributed by atoms with Gasteiger partial charge in [-0.2, -0.15) is 0 Å². The van der Waals surface area contributed by atoms with Crippen LogP contribution in [0.4, 0.5) is 0 Å². The summed E-state index contributed by atoms with van der Waals surface area (Å²) in [5, 5.41) is 5.34. The third kappa shape index (κ3) is 3.37. The number of hydrogen-bond donors (Lipinski definition) is 1. The van der Waals surface area contributed by atoms with E-state index < -0.39 is 5.41 Å². The number of nitrogens with one attached hydrogen (secondary N) is 1. The molecule has 2 heterocycles. The number of rotatable bonds is 5. The summed E-state index contributed by atoms with van der Waals surface area (Å²) in [6.07, 6.45) is 0.845. The monoisotopic (exact) mass is 346 g/mol. The Morgan fingerprint density at radius 1 is 1.68 bits per heavy atom. The Kier molecular flexibility index (Phi) is 5.00. The van der Waals surface area contributed by atoms with Crippen LogP contribution in [0, 0.1) is 5.41 Å². The van der Waals surface area contributed by atoms with Gasteiger partial charge in [-0.25, -0.2) is 0 Å². The topological polar surface area (TPSA) is 41.6 Å². The van der Waals surface area contributed by atoms with Gasteiger partial charge < -0.3 is 15.0 Å². The van der Waals surface area contributed by atoms with Gasteiger partial charge in [-0.1, -0.05) is 0 Å². The van der Waals surface area contributed by atoms with Crippen LogP contribution in [0.2, 0.25) is 0 Å². The molecule has 106 valence electrons. The number of carbonyl (C=O) groups is 1. The van der Waals surface area contributed by atoms with Crippen molar-refractivity contribution in [3.63, 3.8) is 0 Å². The average Bonchev–Trinajstić information content (AvgIpc) is 2.99. The van der Waals surface area contributed by atoms with Gasteiger partial charge in [0.15, 0.2) is 0 Å². The number of amides is 1. The van der Waals surface area contributed by atoms with E-state index in [0.717, 1.165) is 22.3 Å². The Bertz CT molecular complexity index is 444. The minimum Gasteiger partial charge on any atom is -0.384 e. The molecule has 1 aliphatic heterocycles. The van der Waals surface area contributed by atoms with Crippen LogP contribution in [-0.2, 0) is 16.1 Å². The molecule has 0 aliphatic carbocycles. The first-order valence-electron chi connectivity index (χ1n) is 6.25. The van der Waals surface area contributed by atoms with Crippen molar-refractivity contribution in [1.82, 2.24) is 10.2 Å². The van der Waals surface area contributed by atoms with Crippen molar-refractivity contribution in [3.05, 3.63) is 20.8 Å². The first-order chi connectivity index (χ1) is 9.07. The van der Waals surface area contributed by atoms with E-state index in [0.29, 0.717) is 19.7 Å². The number of carbonyl (C=O) groups excluding carboxylic acids is 1. The van der Waals surface area contributed by atoms with Crippen LogP contribution in [0.1, 0.15) is 12.0 Å². The fraction of sp³-hybridized carbons (Fsp3) is 0.615. The molecule has 1 fully saturated rings. The molecule has 0 spiro atoms. The van der Waals surface area contributed by atoms with Gasteiger partial charge in [-0.15, -0.1) is 11.3 Å². The normalized spacial score (nSPS) is 22.7. The van der Waals surface area contributed by atoms with Gasteiger partial charge in [-0.3, -0.25) is 4.79 Å². The molecule has 1 atom stereocenters. The number of hydrogen-bond acceptors (Lipinski definition) is 4. The van der Waals surface area contributed by atoms with Crippen molar-refractivity contribution in [2.24, 2.45) is 5.41 Å². The van der Waals surface area contributed by atoms with Crippen LogP contribution in [-0.4, -0.2) is 44.7 Å². The molecule has 1 unspecified atom stereocenters. The molecule has 0 bridgehead atoms. The molecule has 1 N–H and O–H groups in total. The number of ether oxygens (including phenoxy) is 1. The maximum atomic E-state index is 12.7. The summed E-state index contributed by atoms with van der Waals surface area (Å²) >= 11 is 5.09. The van der Waals surface area contributed by atoms with Gasteiger partial charge >= 0.3 is 0 Å². The van der Waals surface area contributed by atoms with Crippen molar-refractivity contribution in [1.29, 1.82) is 0 Å². The first-order valence-corrected chi connectivity index (χ1v) is 7.93. The molecule has 6 heteroatoms. The summed E-state index contributed by atoms with van der Waals surface area (Å²) < 4.78 is 6.36. The Labute approximate surface area is 126 Å². The molecule has 0 saturated carbocycles. The van der Waals surface area contributed by atoms with E-state index in [9.17, 15) is 4.79 Å². The molecule has 0 radical (unpaired) electrons. The molecule has 4 nitrogen and oxygen atoms in total. The van der Waals surface area contributed by atoms with Gasteiger partial charge in [0.1, 0.15) is 0 Å². The van der Waals surface area contributed by atoms with Crippen LogP contribution in [0.25, 0.3) is 0 Å². The second-order valence-electron chi connectivity index (χ2n) is 5.06. The summed E-state index contributed by atoms with van der Waals surface area (Å²) in [5.41, 5.74) is 0.766. The SMILES string of the molecule is COCC1(C(=O)N(C)Cc2csc(Br)c2)CCNC1. The lowest BCUT2D eigenvalue weighted by Gasteiger charge is -2.31. The Morgan fingerprint density at radius 3 is 3.00 bits per heavy atom. The smallest absolute Gasteiger partial charge is 0.232 e. The van der Waals surface area contributed by atoms with Crippen LogP contribution in [0.5, 0.6) is 0 Å². The van der Waals surface area contributed by atoms with Crippen LogP contribution >= 0.6 is 27.3 Å². The minimum absolute atomic E-state index is 0.168. The Morgan fingerprint density at radius 2 is 2.47 bits per heavy atom. The molecule has 1 aromatic rings. The molecular formula is C13H19BrN2O2S. The van der Waals surface area contributed by atoms with Crippen LogP contribution in [0.3, 0.4) is 0 Å². The summed E-state index contributed by atoms with van der Waals surface area (Å²) in [4.78, 5) is 14.5. The van der Waals surface area contributed by atoms with Gasteiger partial charge in [0.2, 0.25) is 5.91 Å². The van der Waals surface area contributed by atoms with Gasteiger partial charge in [-0.05, 0) is 45.9 Å². The van der Waals surface area contributed by atoms with Crippen LogP contribution in [0.15, 0.2) is 15.2 Å². The zero-order chi connectivity index (χ0) is 13.9. The zero-order valence-corrected chi connectivity index (χ0v) is 13.6. The van der Waals surface area contributed by atoms with E-state index in [1.807, 2.05) is 7.05 Å². The van der Waals surface area contributed by atoms with E-state index in [-0.39, 0.29) is 5.91 Å². The zero-order valence-electron chi connectivity index (χ0n) is 11.2. The lowest BCUT2D eigenvalue weighted by atomic mass is 9.86. The highest BCUT2D eigenvalue weighted by molar-refractivity contribution is 9.11. The number of thiophene rings is 1. The molecule has 2 rings (SSSR count). The van der Waals surface area contributed by atoms with E-state index in [2.05, 4.69) is 32.7 Å². The summed E-state index contributed by atoms with van der Waals surface area (Å²) in [6, 6.07) is 2.06. The second kappa shape index (κ2) is 6.35. The average molecular weight is 347 g/mol. The van der Waals surface area contributed by atoms with Crippen molar-refractivity contribution in [3.8, 4) is 0 Å². The number of methoxy groups -OCH3 is 1. The summed E-state index contributed by atoms with van der Waals surface area (Å²) in [7, 11) is 3.52. The Balaban J connectivity index is 2.04. The number of nitrogens with zero attached hydrogens (tertiary/aromatic N) is 1. The highest BCUT2D eigenvalue weighted by atomic mass is 79.9. The predicted octanol–water partition coefficient (Wildman–Crippen LogP) is 2.10. The standard InChI is InChI=1S/C13H19BrN2O2S/c1-16(6-10-5-11(14)19-7-10)12(17)13(9-18-2)3-4-15-8-13/h5,7,15H,3-4,6,8-9H2,1-2H3. The third-order valence-corrected chi connectivity index (χ3v) is 5.06. The van der Waals surface area contributed by atoms with Crippen LogP contribution < -0.4 is 5.32 Å². The van der Waals surface area contributed by atoms with E-state index in [1.54, 1.807) is 23.3 Å². The lowest BCUT2D eigenvalue weighted by Crippen LogP contribution is -2.46. The molecule has 1 aliphatic rings. The molecule has 1 saturated heterocycles. The Hall–Kier alpha value is -0.430. The molecular weight excluding hydrogens is 328 g/mol.